The average Bonchev–Trinajstić information content (AvgIpc) is 2.43. The molecule has 4 nitrogen and oxygen atoms in total. The van der Waals surface area contributed by atoms with E-state index in [1.165, 1.54) is 0 Å². The minimum absolute atomic E-state index is 0.199. The number of aliphatic hydroxyl groups is 1. The third-order valence-electron chi connectivity index (χ3n) is 2.96. The number of benzene rings is 1. The minimum atomic E-state index is 0.199. The first kappa shape index (κ1) is 17.3. The summed E-state index contributed by atoms with van der Waals surface area (Å²) in [6.45, 7) is 5.72. The summed E-state index contributed by atoms with van der Waals surface area (Å²) >= 11 is 3.53. The third-order valence-corrected chi connectivity index (χ3v) is 3.55. The van der Waals surface area contributed by atoms with E-state index in [0.29, 0.717) is 6.61 Å². The van der Waals surface area contributed by atoms with Crippen molar-refractivity contribution in [3.8, 4) is 11.5 Å². The van der Waals surface area contributed by atoms with Crippen LogP contribution < -0.4 is 14.8 Å². The van der Waals surface area contributed by atoms with E-state index in [1.807, 2.05) is 12.1 Å². The molecule has 0 aliphatic heterocycles. The zero-order valence-corrected chi connectivity index (χ0v) is 14.0. The molecule has 0 fully saturated rings. The maximum absolute atomic E-state index is 8.89. The van der Waals surface area contributed by atoms with E-state index in [1.54, 1.807) is 7.11 Å². The van der Waals surface area contributed by atoms with Crippen LogP contribution in [0, 0.1) is 0 Å². The molecule has 0 heterocycles. The lowest BCUT2D eigenvalue weighted by molar-refractivity contribution is 0.268. The van der Waals surface area contributed by atoms with Gasteiger partial charge in [-0.3, -0.25) is 0 Å². The van der Waals surface area contributed by atoms with E-state index in [0.717, 1.165) is 40.9 Å². The maximum atomic E-state index is 8.89. The van der Waals surface area contributed by atoms with E-state index in [9.17, 15) is 0 Å². The summed E-state index contributed by atoms with van der Waals surface area (Å²) in [5.74, 6) is 1.49. The fourth-order valence-electron chi connectivity index (χ4n) is 1.81. The van der Waals surface area contributed by atoms with Gasteiger partial charge in [-0.15, -0.1) is 0 Å². The van der Waals surface area contributed by atoms with E-state index < -0.39 is 0 Å². The number of hydrogen-bond donors (Lipinski definition) is 2. The molecule has 0 saturated heterocycles. The van der Waals surface area contributed by atoms with Gasteiger partial charge in [0.25, 0.3) is 0 Å². The van der Waals surface area contributed by atoms with Gasteiger partial charge in [0.1, 0.15) is 0 Å². The third kappa shape index (κ3) is 5.31. The quantitative estimate of drug-likeness (QED) is 0.721. The topological polar surface area (TPSA) is 50.7 Å². The van der Waals surface area contributed by atoms with Crippen molar-refractivity contribution in [1.29, 1.82) is 0 Å². The zero-order valence-electron chi connectivity index (χ0n) is 12.4. The van der Waals surface area contributed by atoms with Crippen LogP contribution in [0.25, 0.3) is 0 Å². The first-order chi connectivity index (χ1) is 9.62. The summed E-state index contributed by atoms with van der Waals surface area (Å²) in [6, 6.07) is 4.29. The zero-order chi connectivity index (χ0) is 15.0. The van der Waals surface area contributed by atoms with Crippen LogP contribution in [-0.4, -0.2) is 31.5 Å². The Morgan fingerprint density at radius 2 is 2.15 bits per heavy atom. The molecule has 5 heteroatoms. The Bertz CT molecular complexity index is 412. The molecule has 1 unspecified atom stereocenters. The number of ether oxygens (including phenoxy) is 2. The van der Waals surface area contributed by atoms with E-state index in [4.69, 9.17) is 14.6 Å². The second kappa shape index (κ2) is 9.21. The SMILES string of the molecule is CCCOc1c(Br)cc(CNC(C)CCO)cc1OC. The Hall–Kier alpha value is -0.780. The molecule has 1 aromatic carbocycles. The fourth-order valence-corrected chi connectivity index (χ4v) is 2.41. The van der Waals surface area contributed by atoms with Gasteiger partial charge in [0, 0.05) is 19.2 Å². The number of nitrogens with one attached hydrogen (secondary N) is 1. The molecule has 0 aliphatic rings. The number of methoxy groups -OCH3 is 1. The van der Waals surface area contributed by atoms with Crippen LogP contribution in [0.4, 0.5) is 0 Å². The molecule has 20 heavy (non-hydrogen) atoms. The summed E-state index contributed by atoms with van der Waals surface area (Å²) in [4.78, 5) is 0. The summed E-state index contributed by atoms with van der Waals surface area (Å²) < 4.78 is 12.0. The summed E-state index contributed by atoms with van der Waals surface area (Å²) in [5, 5.41) is 12.3. The van der Waals surface area contributed by atoms with E-state index >= 15 is 0 Å². The Morgan fingerprint density at radius 3 is 2.75 bits per heavy atom. The molecule has 1 aromatic rings. The minimum Gasteiger partial charge on any atom is -0.493 e. The van der Waals surface area contributed by atoms with E-state index in [-0.39, 0.29) is 12.6 Å². The van der Waals surface area contributed by atoms with Crippen molar-refractivity contribution in [3.05, 3.63) is 22.2 Å². The molecular weight excluding hydrogens is 322 g/mol. The van der Waals surface area contributed by atoms with E-state index in [2.05, 4.69) is 35.1 Å². The van der Waals surface area contributed by atoms with Crippen LogP contribution in [0.5, 0.6) is 11.5 Å². The van der Waals surface area contributed by atoms with Crippen molar-refractivity contribution in [2.24, 2.45) is 0 Å². The summed E-state index contributed by atoms with van der Waals surface area (Å²) in [7, 11) is 1.65. The van der Waals surface area contributed by atoms with Crippen molar-refractivity contribution in [2.45, 2.75) is 39.3 Å². The molecule has 0 spiro atoms. The van der Waals surface area contributed by atoms with Crippen molar-refractivity contribution >= 4 is 15.9 Å². The van der Waals surface area contributed by atoms with Crippen molar-refractivity contribution in [2.75, 3.05) is 20.3 Å². The van der Waals surface area contributed by atoms with Crippen LogP contribution in [0.1, 0.15) is 32.3 Å². The molecule has 0 aromatic heterocycles. The van der Waals surface area contributed by atoms with Crippen LogP contribution in [-0.2, 0) is 6.54 Å². The smallest absolute Gasteiger partial charge is 0.175 e. The van der Waals surface area contributed by atoms with Gasteiger partial charge in [0.05, 0.1) is 18.2 Å². The standard InChI is InChI=1S/C15H24BrNO3/c1-4-7-20-15-13(16)8-12(9-14(15)19-3)10-17-11(2)5-6-18/h8-9,11,17-18H,4-7,10H2,1-3H3. The Labute approximate surface area is 129 Å². The molecule has 114 valence electrons. The Balaban J connectivity index is 2.76. The lowest BCUT2D eigenvalue weighted by atomic mass is 10.1. The Kier molecular flexibility index (Phi) is 7.95. The Morgan fingerprint density at radius 1 is 1.40 bits per heavy atom. The molecule has 0 aliphatic carbocycles. The van der Waals surface area contributed by atoms with Crippen LogP contribution in [0.2, 0.25) is 0 Å². The number of halogens is 1. The van der Waals surface area contributed by atoms with Crippen molar-refractivity contribution in [1.82, 2.24) is 5.32 Å². The summed E-state index contributed by atoms with van der Waals surface area (Å²) in [5.41, 5.74) is 1.11. The average molecular weight is 346 g/mol. The molecular formula is C15H24BrNO3. The molecule has 0 amide bonds. The van der Waals surface area contributed by atoms with Crippen LogP contribution in [0.3, 0.4) is 0 Å². The molecule has 1 atom stereocenters. The van der Waals surface area contributed by atoms with Gasteiger partial charge >= 0.3 is 0 Å². The first-order valence-electron chi connectivity index (χ1n) is 6.95. The predicted molar refractivity (Wildman–Crippen MR) is 84.5 cm³/mol. The monoisotopic (exact) mass is 345 g/mol. The summed E-state index contributed by atoms with van der Waals surface area (Å²) in [6.07, 6.45) is 1.70. The van der Waals surface area contributed by atoms with Gasteiger partial charge in [-0.2, -0.15) is 0 Å². The van der Waals surface area contributed by atoms with Crippen LogP contribution in [0.15, 0.2) is 16.6 Å². The fraction of sp³-hybridized carbons (Fsp3) is 0.600. The number of rotatable bonds is 9. The number of hydrogen-bond acceptors (Lipinski definition) is 4. The van der Waals surface area contributed by atoms with Gasteiger partial charge in [-0.1, -0.05) is 6.92 Å². The second-order valence-corrected chi connectivity index (χ2v) is 5.61. The largest absolute Gasteiger partial charge is 0.493 e. The molecule has 2 N–H and O–H groups in total. The highest BCUT2D eigenvalue weighted by molar-refractivity contribution is 9.10. The van der Waals surface area contributed by atoms with Gasteiger partial charge in [0.15, 0.2) is 11.5 Å². The molecule has 0 bridgehead atoms. The first-order valence-corrected chi connectivity index (χ1v) is 7.75. The van der Waals surface area contributed by atoms with Crippen molar-refractivity contribution in [3.63, 3.8) is 0 Å². The lowest BCUT2D eigenvalue weighted by Gasteiger charge is -2.16. The maximum Gasteiger partial charge on any atom is 0.175 e. The number of aliphatic hydroxyl groups excluding tert-OH is 1. The lowest BCUT2D eigenvalue weighted by Crippen LogP contribution is -2.26. The molecule has 0 radical (unpaired) electrons. The highest BCUT2D eigenvalue weighted by Crippen LogP contribution is 2.36. The highest BCUT2D eigenvalue weighted by Gasteiger charge is 2.12. The van der Waals surface area contributed by atoms with Crippen LogP contribution >= 0.6 is 15.9 Å². The second-order valence-electron chi connectivity index (χ2n) is 4.75. The molecule has 1 rings (SSSR count). The van der Waals surface area contributed by atoms with Gasteiger partial charge in [0.2, 0.25) is 0 Å². The van der Waals surface area contributed by atoms with Gasteiger partial charge in [-0.25, -0.2) is 0 Å². The normalized spacial score (nSPS) is 12.2. The highest BCUT2D eigenvalue weighted by atomic mass is 79.9. The van der Waals surface area contributed by atoms with Crippen molar-refractivity contribution < 1.29 is 14.6 Å². The predicted octanol–water partition coefficient (Wildman–Crippen LogP) is 3.11. The van der Waals surface area contributed by atoms with Gasteiger partial charge in [-0.05, 0) is 53.4 Å². The van der Waals surface area contributed by atoms with Gasteiger partial charge < -0.3 is 19.9 Å². The molecule has 0 saturated carbocycles.